The van der Waals surface area contributed by atoms with Gasteiger partial charge in [0.05, 0.1) is 6.42 Å². The number of carbonyl (C=O) groups is 3. The van der Waals surface area contributed by atoms with E-state index < -0.39 is 30.3 Å². The zero-order valence-electron chi connectivity index (χ0n) is 10.0. The number of benzene rings is 1. The van der Waals surface area contributed by atoms with Crippen LogP contribution in [-0.4, -0.2) is 34.1 Å². The van der Waals surface area contributed by atoms with E-state index in [-0.39, 0.29) is 5.56 Å². The van der Waals surface area contributed by atoms with Crippen LogP contribution in [0, 0.1) is 6.92 Å². The van der Waals surface area contributed by atoms with Crippen molar-refractivity contribution in [2.24, 2.45) is 0 Å². The molecular weight excluding hydrogens is 318 g/mol. The van der Waals surface area contributed by atoms with Gasteiger partial charge < -0.3 is 15.5 Å². The lowest BCUT2D eigenvalue weighted by molar-refractivity contribution is -0.145. The van der Waals surface area contributed by atoms with Crippen LogP contribution in [0.2, 0.25) is 0 Å². The summed E-state index contributed by atoms with van der Waals surface area (Å²) >= 11 is 3.28. The number of hydrogen-bond acceptors (Lipinski definition) is 3. The molecule has 0 aliphatic carbocycles. The third kappa shape index (κ3) is 4.36. The highest BCUT2D eigenvalue weighted by Crippen LogP contribution is 2.17. The van der Waals surface area contributed by atoms with E-state index in [1.54, 1.807) is 19.1 Å². The van der Waals surface area contributed by atoms with Crippen LogP contribution in [0.1, 0.15) is 22.3 Å². The maximum atomic E-state index is 11.8. The smallest absolute Gasteiger partial charge is 0.326 e. The maximum Gasteiger partial charge on any atom is 0.326 e. The van der Waals surface area contributed by atoms with E-state index in [9.17, 15) is 14.4 Å². The zero-order chi connectivity index (χ0) is 14.6. The molecule has 6 nitrogen and oxygen atoms in total. The Morgan fingerprint density at radius 1 is 1.32 bits per heavy atom. The van der Waals surface area contributed by atoms with Crippen LogP contribution >= 0.6 is 15.9 Å². The standard InChI is InChI=1S/C12H12BrNO5/c1-6-4-7(2-3-8(6)13)11(17)14-9(12(18)19)5-10(15)16/h2-4,9H,5H2,1H3,(H,14,17)(H,15,16)(H,18,19)/t9-/m0/s1. The van der Waals surface area contributed by atoms with Crippen LogP contribution in [-0.2, 0) is 9.59 Å². The van der Waals surface area contributed by atoms with Crippen LogP contribution in [0.25, 0.3) is 0 Å². The van der Waals surface area contributed by atoms with Gasteiger partial charge in [0.1, 0.15) is 6.04 Å². The van der Waals surface area contributed by atoms with Crippen molar-refractivity contribution in [1.82, 2.24) is 5.32 Å². The van der Waals surface area contributed by atoms with Crippen molar-refractivity contribution in [2.45, 2.75) is 19.4 Å². The Labute approximate surface area is 117 Å². The highest BCUT2D eigenvalue weighted by atomic mass is 79.9. The predicted molar refractivity (Wildman–Crippen MR) is 70.0 cm³/mol. The Bertz CT molecular complexity index is 529. The Morgan fingerprint density at radius 3 is 2.42 bits per heavy atom. The molecule has 1 aromatic carbocycles. The third-order valence-corrected chi connectivity index (χ3v) is 3.29. The van der Waals surface area contributed by atoms with Crippen molar-refractivity contribution in [3.05, 3.63) is 33.8 Å². The fourth-order valence-corrected chi connectivity index (χ4v) is 1.65. The van der Waals surface area contributed by atoms with Gasteiger partial charge in [0.25, 0.3) is 5.91 Å². The molecule has 0 unspecified atom stereocenters. The zero-order valence-corrected chi connectivity index (χ0v) is 11.6. The number of aryl methyl sites for hydroxylation is 1. The normalized spacial score (nSPS) is 11.7. The summed E-state index contributed by atoms with van der Waals surface area (Å²) in [4.78, 5) is 33.2. The first kappa shape index (κ1) is 15.2. The van der Waals surface area contributed by atoms with Crippen LogP contribution in [0.4, 0.5) is 0 Å². The molecule has 0 heterocycles. The monoisotopic (exact) mass is 329 g/mol. The van der Waals surface area contributed by atoms with Gasteiger partial charge in [-0.25, -0.2) is 4.79 Å². The van der Waals surface area contributed by atoms with Crippen LogP contribution in [0.3, 0.4) is 0 Å². The Morgan fingerprint density at radius 2 is 1.95 bits per heavy atom. The van der Waals surface area contributed by atoms with Crippen molar-refractivity contribution in [1.29, 1.82) is 0 Å². The lowest BCUT2D eigenvalue weighted by Crippen LogP contribution is -2.42. The largest absolute Gasteiger partial charge is 0.481 e. The summed E-state index contributed by atoms with van der Waals surface area (Å²) in [7, 11) is 0. The molecule has 0 fully saturated rings. The second-order valence-electron chi connectivity index (χ2n) is 3.93. The van der Waals surface area contributed by atoms with E-state index in [4.69, 9.17) is 10.2 Å². The molecule has 1 aromatic rings. The van der Waals surface area contributed by atoms with E-state index in [2.05, 4.69) is 21.2 Å². The number of aliphatic carboxylic acids is 2. The van der Waals surface area contributed by atoms with Gasteiger partial charge in [-0.3, -0.25) is 9.59 Å². The van der Waals surface area contributed by atoms with Gasteiger partial charge in [0.2, 0.25) is 0 Å². The molecule has 1 amide bonds. The molecule has 1 atom stereocenters. The van der Waals surface area contributed by atoms with E-state index >= 15 is 0 Å². The molecule has 1 rings (SSSR count). The van der Waals surface area contributed by atoms with Crippen LogP contribution in [0.5, 0.6) is 0 Å². The number of amides is 1. The summed E-state index contributed by atoms with van der Waals surface area (Å²) in [5.41, 5.74) is 1.09. The fourth-order valence-electron chi connectivity index (χ4n) is 1.40. The SMILES string of the molecule is Cc1cc(C(=O)N[C@@H](CC(=O)O)C(=O)O)ccc1Br. The van der Waals surface area contributed by atoms with Crippen LogP contribution in [0.15, 0.2) is 22.7 Å². The first-order valence-corrected chi connectivity index (χ1v) is 6.12. The van der Waals surface area contributed by atoms with Gasteiger partial charge in [-0.05, 0) is 30.7 Å². The molecular formula is C12H12BrNO5. The molecule has 0 spiro atoms. The summed E-state index contributed by atoms with van der Waals surface area (Å²) < 4.78 is 0.823. The van der Waals surface area contributed by atoms with Gasteiger partial charge in [0.15, 0.2) is 0 Å². The summed E-state index contributed by atoms with van der Waals surface area (Å²) in [6.45, 7) is 1.78. The number of rotatable bonds is 5. The maximum absolute atomic E-state index is 11.8. The number of nitrogens with one attached hydrogen (secondary N) is 1. The van der Waals surface area contributed by atoms with Crippen LogP contribution < -0.4 is 5.32 Å². The highest BCUT2D eigenvalue weighted by molar-refractivity contribution is 9.10. The average Bonchev–Trinajstić information content (AvgIpc) is 2.31. The van der Waals surface area contributed by atoms with E-state index in [1.807, 2.05) is 0 Å². The lowest BCUT2D eigenvalue weighted by atomic mass is 10.1. The minimum absolute atomic E-state index is 0.275. The van der Waals surface area contributed by atoms with E-state index in [1.165, 1.54) is 6.07 Å². The number of halogens is 1. The van der Waals surface area contributed by atoms with Crippen molar-refractivity contribution in [2.75, 3.05) is 0 Å². The number of carbonyl (C=O) groups excluding carboxylic acids is 1. The third-order valence-electron chi connectivity index (χ3n) is 2.40. The molecule has 19 heavy (non-hydrogen) atoms. The molecule has 7 heteroatoms. The van der Waals surface area contributed by atoms with Crippen molar-refractivity contribution in [3.8, 4) is 0 Å². The molecule has 3 N–H and O–H groups in total. The predicted octanol–water partition coefficient (Wildman–Crippen LogP) is 1.42. The molecule has 0 aromatic heterocycles. The minimum Gasteiger partial charge on any atom is -0.481 e. The molecule has 0 saturated carbocycles. The Kier molecular flexibility index (Phi) is 5.05. The molecule has 0 bridgehead atoms. The summed E-state index contributed by atoms with van der Waals surface area (Å²) in [5.74, 6) is -3.30. The lowest BCUT2D eigenvalue weighted by Gasteiger charge is -2.12. The summed E-state index contributed by atoms with van der Waals surface area (Å²) in [5, 5.41) is 19.6. The molecule has 0 aliphatic rings. The van der Waals surface area contributed by atoms with Gasteiger partial charge in [-0.15, -0.1) is 0 Å². The quantitative estimate of drug-likeness (QED) is 0.757. The van der Waals surface area contributed by atoms with E-state index in [0.717, 1.165) is 10.0 Å². The average molecular weight is 330 g/mol. The molecule has 102 valence electrons. The van der Waals surface area contributed by atoms with Crippen molar-refractivity contribution < 1.29 is 24.6 Å². The number of carboxylic acids is 2. The summed E-state index contributed by atoms with van der Waals surface area (Å²) in [6.07, 6.45) is -0.670. The van der Waals surface area contributed by atoms with Gasteiger partial charge in [-0.1, -0.05) is 15.9 Å². The summed E-state index contributed by atoms with van der Waals surface area (Å²) in [6, 6.07) is 3.32. The fraction of sp³-hybridized carbons (Fsp3) is 0.250. The second kappa shape index (κ2) is 6.33. The van der Waals surface area contributed by atoms with Crippen molar-refractivity contribution in [3.63, 3.8) is 0 Å². The highest BCUT2D eigenvalue weighted by Gasteiger charge is 2.23. The van der Waals surface area contributed by atoms with Gasteiger partial charge in [-0.2, -0.15) is 0 Å². The van der Waals surface area contributed by atoms with Gasteiger partial charge >= 0.3 is 11.9 Å². The second-order valence-corrected chi connectivity index (χ2v) is 4.78. The first-order valence-electron chi connectivity index (χ1n) is 5.33. The van der Waals surface area contributed by atoms with Gasteiger partial charge in [0, 0.05) is 10.0 Å². The van der Waals surface area contributed by atoms with Crippen molar-refractivity contribution >= 4 is 33.8 Å². The Balaban J connectivity index is 2.84. The Hall–Kier alpha value is -1.89. The first-order chi connectivity index (χ1) is 8.81. The van der Waals surface area contributed by atoms with E-state index in [0.29, 0.717) is 0 Å². The molecule has 0 saturated heterocycles. The number of carboxylic acid groups (broad SMARTS) is 2. The molecule has 0 radical (unpaired) electrons. The number of hydrogen-bond donors (Lipinski definition) is 3. The molecule has 0 aliphatic heterocycles. The topological polar surface area (TPSA) is 104 Å². The minimum atomic E-state index is -1.45.